The summed E-state index contributed by atoms with van der Waals surface area (Å²) in [5.74, 6) is 0.448. The van der Waals surface area contributed by atoms with Crippen LogP contribution in [0.2, 0.25) is 0 Å². The summed E-state index contributed by atoms with van der Waals surface area (Å²) in [7, 11) is 1.81. The second-order valence-corrected chi connectivity index (χ2v) is 8.35. The van der Waals surface area contributed by atoms with Gasteiger partial charge < -0.3 is 14.8 Å². The Morgan fingerprint density at radius 2 is 2.03 bits per heavy atom. The number of carbonyl (C=O) groups is 1. The summed E-state index contributed by atoms with van der Waals surface area (Å²) in [6, 6.07) is 9.84. The number of nitrogens with zero attached hydrogens (tertiary/aromatic N) is 3. The average Bonchev–Trinajstić information content (AvgIpc) is 3.18. The Balaban J connectivity index is 1.38. The molecule has 1 aromatic carbocycles. The molecule has 0 unspecified atom stereocenters. The standard InChI is InChI=1S/C25H29FN4O3/c1-17-24(33-20-9-4-3-5-10-20)12-11-22(29-17)21-14-28-30(2)23(21)15-27-25(31)32-16-18-7-6-8-19(26)13-18/h6-8,11-14,20H,3-5,9-10,15-16H2,1-2H3,(H,27,31). The molecule has 0 bridgehead atoms. The van der Waals surface area contributed by atoms with Crippen molar-refractivity contribution >= 4 is 6.09 Å². The number of carbonyl (C=O) groups excluding carboxylic acids is 1. The molecule has 7 nitrogen and oxygen atoms in total. The molecule has 1 N–H and O–H groups in total. The van der Waals surface area contributed by atoms with E-state index in [1.54, 1.807) is 23.0 Å². The van der Waals surface area contributed by atoms with Gasteiger partial charge in [0.05, 0.1) is 35.9 Å². The van der Waals surface area contributed by atoms with Gasteiger partial charge in [-0.2, -0.15) is 5.10 Å². The van der Waals surface area contributed by atoms with Gasteiger partial charge in [-0.25, -0.2) is 14.2 Å². The topological polar surface area (TPSA) is 78.3 Å². The highest BCUT2D eigenvalue weighted by Gasteiger charge is 2.18. The van der Waals surface area contributed by atoms with Gasteiger partial charge in [0.2, 0.25) is 0 Å². The number of alkyl carbamates (subject to hydrolysis) is 1. The molecule has 1 saturated carbocycles. The maximum Gasteiger partial charge on any atom is 0.407 e. The normalized spacial score (nSPS) is 14.2. The number of ether oxygens (including phenoxy) is 2. The van der Waals surface area contributed by atoms with Crippen LogP contribution in [0, 0.1) is 12.7 Å². The van der Waals surface area contributed by atoms with Crippen molar-refractivity contribution in [3.8, 4) is 17.0 Å². The molecule has 8 heteroatoms. The van der Waals surface area contributed by atoms with Gasteiger partial charge >= 0.3 is 6.09 Å². The number of hydrogen-bond donors (Lipinski definition) is 1. The Bertz CT molecular complexity index is 1110. The molecule has 4 rings (SSSR count). The SMILES string of the molecule is Cc1nc(-c2cnn(C)c2CNC(=O)OCc2cccc(F)c2)ccc1OC1CCCCC1. The molecular formula is C25H29FN4O3. The van der Waals surface area contributed by atoms with Gasteiger partial charge in [-0.05, 0) is 62.4 Å². The van der Waals surface area contributed by atoms with Crippen LogP contribution in [0.3, 0.4) is 0 Å². The van der Waals surface area contributed by atoms with E-state index in [9.17, 15) is 9.18 Å². The van der Waals surface area contributed by atoms with Crippen LogP contribution in [-0.2, 0) is 24.9 Å². The summed E-state index contributed by atoms with van der Waals surface area (Å²) in [6.07, 6.45) is 7.31. The number of aromatic nitrogens is 3. The quantitative estimate of drug-likeness (QED) is 0.542. The van der Waals surface area contributed by atoms with E-state index in [1.807, 2.05) is 26.1 Å². The molecule has 174 valence electrons. The maximum atomic E-state index is 13.3. The van der Waals surface area contributed by atoms with Crippen molar-refractivity contribution < 1.29 is 18.7 Å². The molecule has 0 radical (unpaired) electrons. The smallest absolute Gasteiger partial charge is 0.407 e. The number of pyridine rings is 1. The first kappa shape index (κ1) is 22.8. The lowest BCUT2D eigenvalue weighted by atomic mass is 9.98. The highest BCUT2D eigenvalue weighted by Crippen LogP contribution is 2.28. The number of amides is 1. The van der Waals surface area contributed by atoms with Gasteiger partial charge in [-0.3, -0.25) is 4.68 Å². The zero-order chi connectivity index (χ0) is 23.2. The number of benzene rings is 1. The lowest BCUT2D eigenvalue weighted by molar-refractivity contribution is 0.138. The van der Waals surface area contributed by atoms with Crippen LogP contribution >= 0.6 is 0 Å². The van der Waals surface area contributed by atoms with Crippen LogP contribution in [0.1, 0.15) is 49.1 Å². The molecule has 1 aliphatic rings. The zero-order valence-electron chi connectivity index (χ0n) is 19.0. The number of hydrogen-bond acceptors (Lipinski definition) is 5. The van der Waals surface area contributed by atoms with Crippen molar-refractivity contribution in [3.05, 3.63) is 65.4 Å². The average molecular weight is 453 g/mol. The monoisotopic (exact) mass is 452 g/mol. The first-order valence-corrected chi connectivity index (χ1v) is 11.3. The van der Waals surface area contributed by atoms with Gasteiger partial charge in [0.25, 0.3) is 0 Å². The van der Waals surface area contributed by atoms with Crippen molar-refractivity contribution in [2.24, 2.45) is 7.05 Å². The summed E-state index contributed by atoms with van der Waals surface area (Å²) >= 11 is 0. The third-order valence-corrected chi connectivity index (χ3v) is 5.88. The molecule has 2 aromatic heterocycles. The Kier molecular flexibility index (Phi) is 7.22. The van der Waals surface area contributed by atoms with Crippen LogP contribution in [0.5, 0.6) is 5.75 Å². The van der Waals surface area contributed by atoms with E-state index in [-0.39, 0.29) is 25.1 Å². The third kappa shape index (κ3) is 5.88. The summed E-state index contributed by atoms with van der Waals surface area (Å²) in [5.41, 5.74) is 3.80. The molecular weight excluding hydrogens is 423 g/mol. The fraction of sp³-hybridized carbons (Fsp3) is 0.400. The lowest BCUT2D eigenvalue weighted by Crippen LogP contribution is -2.25. The highest BCUT2D eigenvalue weighted by molar-refractivity contribution is 5.68. The minimum absolute atomic E-state index is 0.00889. The minimum Gasteiger partial charge on any atom is -0.489 e. The molecule has 1 aliphatic carbocycles. The van der Waals surface area contributed by atoms with Crippen LogP contribution < -0.4 is 10.1 Å². The van der Waals surface area contributed by atoms with E-state index in [1.165, 1.54) is 31.4 Å². The van der Waals surface area contributed by atoms with Gasteiger partial charge in [0.15, 0.2) is 0 Å². The van der Waals surface area contributed by atoms with Gasteiger partial charge in [0.1, 0.15) is 18.2 Å². The number of aryl methyl sites for hydroxylation is 2. The zero-order valence-corrected chi connectivity index (χ0v) is 19.0. The maximum absolute atomic E-state index is 13.3. The van der Waals surface area contributed by atoms with Gasteiger partial charge in [0, 0.05) is 12.6 Å². The van der Waals surface area contributed by atoms with Crippen molar-refractivity contribution in [1.82, 2.24) is 20.1 Å². The summed E-state index contributed by atoms with van der Waals surface area (Å²) in [6.45, 7) is 2.15. The van der Waals surface area contributed by atoms with Crippen LogP contribution in [0.25, 0.3) is 11.3 Å². The predicted octanol–water partition coefficient (Wildman–Crippen LogP) is 5.07. The van der Waals surface area contributed by atoms with Crippen LogP contribution in [-0.4, -0.2) is 27.0 Å². The van der Waals surface area contributed by atoms with Crippen LogP contribution in [0.15, 0.2) is 42.6 Å². The van der Waals surface area contributed by atoms with Crippen molar-refractivity contribution in [1.29, 1.82) is 0 Å². The molecule has 1 fully saturated rings. The fourth-order valence-electron chi connectivity index (χ4n) is 4.05. The molecule has 0 spiro atoms. The van der Waals surface area contributed by atoms with Gasteiger partial charge in [-0.15, -0.1) is 0 Å². The van der Waals surface area contributed by atoms with E-state index in [0.29, 0.717) is 5.56 Å². The third-order valence-electron chi connectivity index (χ3n) is 5.88. The van der Waals surface area contributed by atoms with E-state index in [0.717, 1.165) is 41.2 Å². The Morgan fingerprint density at radius 3 is 2.79 bits per heavy atom. The van der Waals surface area contributed by atoms with E-state index >= 15 is 0 Å². The Labute approximate surface area is 192 Å². The largest absolute Gasteiger partial charge is 0.489 e. The van der Waals surface area contributed by atoms with Crippen molar-refractivity contribution in [3.63, 3.8) is 0 Å². The molecule has 0 saturated heterocycles. The van der Waals surface area contributed by atoms with E-state index < -0.39 is 6.09 Å². The fourth-order valence-corrected chi connectivity index (χ4v) is 4.05. The first-order valence-electron chi connectivity index (χ1n) is 11.3. The molecule has 0 atom stereocenters. The Hall–Kier alpha value is -3.42. The molecule has 1 amide bonds. The minimum atomic E-state index is -0.591. The lowest BCUT2D eigenvalue weighted by Gasteiger charge is -2.23. The van der Waals surface area contributed by atoms with E-state index in [2.05, 4.69) is 10.4 Å². The van der Waals surface area contributed by atoms with Crippen molar-refractivity contribution in [2.75, 3.05) is 0 Å². The Morgan fingerprint density at radius 1 is 1.21 bits per heavy atom. The molecule has 0 aliphatic heterocycles. The summed E-state index contributed by atoms with van der Waals surface area (Å²) in [4.78, 5) is 16.9. The van der Waals surface area contributed by atoms with Crippen LogP contribution in [0.4, 0.5) is 9.18 Å². The number of rotatable bonds is 7. The second-order valence-electron chi connectivity index (χ2n) is 8.35. The van der Waals surface area contributed by atoms with Gasteiger partial charge in [-0.1, -0.05) is 18.6 Å². The second kappa shape index (κ2) is 10.5. The molecule has 2 heterocycles. The van der Waals surface area contributed by atoms with Crippen molar-refractivity contribution in [2.45, 2.75) is 58.3 Å². The predicted molar refractivity (Wildman–Crippen MR) is 122 cm³/mol. The summed E-state index contributed by atoms with van der Waals surface area (Å²) in [5, 5.41) is 7.06. The molecule has 33 heavy (non-hydrogen) atoms. The summed E-state index contributed by atoms with van der Waals surface area (Å²) < 4.78 is 26.3. The van der Waals surface area contributed by atoms with E-state index in [4.69, 9.17) is 14.5 Å². The first-order chi connectivity index (χ1) is 16.0. The number of halogens is 1. The molecule has 3 aromatic rings. The highest BCUT2D eigenvalue weighted by atomic mass is 19.1. The number of nitrogens with one attached hydrogen (secondary N) is 1.